The van der Waals surface area contributed by atoms with E-state index >= 15 is 0 Å². The molecule has 4 nitrogen and oxygen atoms in total. The van der Waals surface area contributed by atoms with Gasteiger partial charge in [-0.1, -0.05) is 11.6 Å². The van der Waals surface area contributed by atoms with Crippen LogP contribution in [0.5, 0.6) is 5.75 Å². The molecule has 22 heavy (non-hydrogen) atoms. The summed E-state index contributed by atoms with van der Waals surface area (Å²) >= 11 is 6.16. The van der Waals surface area contributed by atoms with Gasteiger partial charge in [-0.25, -0.2) is 0 Å². The molecule has 0 saturated carbocycles. The second-order valence-corrected chi connectivity index (χ2v) is 6.51. The normalized spacial score (nSPS) is 23.3. The van der Waals surface area contributed by atoms with Crippen LogP contribution in [0.25, 0.3) is 0 Å². The Morgan fingerprint density at radius 2 is 1.77 bits per heavy atom. The fourth-order valence-electron chi connectivity index (χ4n) is 2.84. The van der Waals surface area contributed by atoms with Crippen LogP contribution in [0.2, 0.25) is 5.02 Å². The minimum absolute atomic E-state index is 0.00717. The minimum Gasteiger partial charge on any atom is -0.481 e. The number of halogens is 1. The van der Waals surface area contributed by atoms with Gasteiger partial charge >= 0.3 is 0 Å². The Morgan fingerprint density at radius 1 is 1.27 bits per heavy atom. The van der Waals surface area contributed by atoms with Crippen molar-refractivity contribution < 1.29 is 14.3 Å². The average molecular weight is 326 g/mol. The van der Waals surface area contributed by atoms with Crippen LogP contribution in [0, 0.1) is 13.8 Å². The van der Waals surface area contributed by atoms with Crippen molar-refractivity contribution in [2.45, 2.75) is 52.9 Å². The Bertz CT molecular complexity index is 528. The third-order valence-electron chi connectivity index (χ3n) is 3.80. The van der Waals surface area contributed by atoms with Gasteiger partial charge in [-0.3, -0.25) is 4.79 Å². The summed E-state index contributed by atoms with van der Waals surface area (Å²) in [5.74, 6) is 0.668. The summed E-state index contributed by atoms with van der Waals surface area (Å²) in [6.45, 7) is 10.8. The van der Waals surface area contributed by atoms with Crippen LogP contribution in [0.1, 0.15) is 31.9 Å². The summed E-state index contributed by atoms with van der Waals surface area (Å²) in [4.78, 5) is 14.4. The Balaban J connectivity index is 2.05. The van der Waals surface area contributed by atoms with Crippen molar-refractivity contribution in [1.82, 2.24) is 4.90 Å². The molecule has 3 atom stereocenters. The number of amides is 1. The van der Waals surface area contributed by atoms with Crippen LogP contribution in [0.4, 0.5) is 0 Å². The number of carbonyl (C=O) groups is 1. The third-order valence-corrected chi connectivity index (χ3v) is 4.40. The number of rotatable bonds is 3. The number of hydrogen-bond donors (Lipinski definition) is 0. The molecule has 1 aliphatic heterocycles. The monoisotopic (exact) mass is 325 g/mol. The first-order valence-electron chi connectivity index (χ1n) is 7.65. The van der Waals surface area contributed by atoms with E-state index in [1.54, 1.807) is 6.92 Å². The third kappa shape index (κ3) is 3.93. The number of hydrogen-bond acceptors (Lipinski definition) is 3. The van der Waals surface area contributed by atoms with E-state index in [4.69, 9.17) is 21.1 Å². The summed E-state index contributed by atoms with van der Waals surface area (Å²) < 4.78 is 11.5. The predicted molar refractivity (Wildman–Crippen MR) is 87.6 cm³/mol. The summed E-state index contributed by atoms with van der Waals surface area (Å²) in [7, 11) is 0. The van der Waals surface area contributed by atoms with Crippen LogP contribution < -0.4 is 4.74 Å². The van der Waals surface area contributed by atoms with Gasteiger partial charge in [0.2, 0.25) is 0 Å². The van der Waals surface area contributed by atoms with Gasteiger partial charge in [0.1, 0.15) is 5.75 Å². The second kappa shape index (κ2) is 6.88. The van der Waals surface area contributed by atoms with Crippen LogP contribution in [0.15, 0.2) is 12.1 Å². The van der Waals surface area contributed by atoms with Gasteiger partial charge in [0.15, 0.2) is 6.10 Å². The molecule has 0 bridgehead atoms. The largest absolute Gasteiger partial charge is 0.481 e. The van der Waals surface area contributed by atoms with Crippen molar-refractivity contribution in [3.63, 3.8) is 0 Å². The molecule has 1 aromatic carbocycles. The van der Waals surface area contributed by atoms with E-state index < -0.39 is 6.10 Å². The van der Waals surface area contributed by atoms with Crippen LogP contribution in [-0.4, -0.2) is 42.2 Å². The van der Waals surface area contributed by atoms with Crippen LogP contribution in [0.3, 0.4) is 0 Å². The molecule has 1 heterocycles. The Morgan fingerprint density at radius 3 is 2.27 bits per heavy atom. The molecule has 1 amide bonds. The average Bonchev–Trinajstić information content (AvgIpc) is 2.42. The molecule has 0 radical (unpaired) electrons. The molecule has 0 aromatic heterocycles. The number of ether oxygens (including phenoxy) is 2. The highest BCUT2D eigenvalue weighted by Crippen LogP contribution is 2.26. The lowest BCUT2D eigenvalue weighted by Crippen LogP contribution is -2.51. The lowest BCUT2D eigenvalue weighted by atomic mass is 10.1. The lowest BCUT2D eigenvalue weighted by molar-refractivity contribution is -0.149. The second-order valence-electron chi connectivity index (χ2n) is 6.13. The number of morpholine rings is 1. The molecule has 0 unspecified atom stereocenters. The van der Waals surface area contributed by atoms with E-state index in [2.05, 4.69) is 0 Å². The molecule has 0 spiro atoms. The Hall–Kier alpha value is -1.26. The van der Waals surface area contributed by atoms with E-state index in [0.717, 1.165) is 16.1 Å². The van der Waals surface area contributed by atoms with Crippen molar-refractivity contribution in [2.75, 3.05) is 13.1 Å². The topological polar surface area (TPSA) is 38.8 Å². The van der Waals surface area contributed by atoms with Gasteiger partial charge in [-0.15, -0.1) is 0 Å². The molecule has 1 fully saturated rings. The fourth-order valence-corrected chi connectivity index (χ4v) is 2.95. The van der Waals surface area contributed by atoms with Crippen molar-refractivity contribution >= 4 is 17.5 Å². The standard InChI is InChI=1S/C17H24ClNO3/c1-10-6-15(7-11(2)16(10)18)22-14(5)17(20)19-8-12(3)21-13(4)9-19/h6-7,12-14H,8-9H2,1-5H3/t12-,13-,14-/m1/s1. The number of carbonyl (C=O) groups excluding carboxylic acids is 1. The highest BCUT2D eigenvalue weighted by Gasteiger charge is 2.29. The van der Waals surface area contributed by atoms with Crippen LogP contribution >= 0.6 is 11.6 Å². The fraction of sp³-hybridized carbons (Fsp3) is 0.588. The maximum absolute atomic E-state index is 12.5. The molecule has 2 rings (SSSR count). The van der Waals surface area contributed by atoms with Crippen molar-refractivity contribution in [3.8, 4) is 5.75 Å². The molecule has 1 aliphatic rings. The first kappa shape index (κ1) is 17.1. The van der Waals surface area contributed by atoms with E-state index in [0.29, 0.717) is 18.8 Å². The molecule has 5 heteroatoms. The van der Waals surface area contributed by atoms with E-state index in [9.17, 15) is 4.79 Å². The lowest BCUT2D eigenvalue weighted by Gasteiger charge is -2.36. The van der Waals surface area contributed by atoms with Crippen molar-refractivity contribution in [1.29, 1.82) is 0 Å². The van der Waals surface area contributed by atoms with Crippen molar-refractivity contribution in [3.05, 3.63) is 28.3 Å². The highest BCUT2D eigenvalue weighted by molar-refractivity contribution is 6.32. The molecule has 1 saturated heterocycles. The van der Waals surface area contributed by atoms with Gasteiger partial charge in [-0.2, -0.15) is 0 Å². The van der Waals surface area contributed by atoms with Gasteiger partial charge in [-0.05, 0) is 57.9 Å². The summed E-state index contributed by atoms with van der Waals surface area (Å²) in [5.41, 5.74) is 1.90. The maximum atomic E-state index is 12.5. The maximum Gasteiger partial charge on any atom is 0.263 e. The summed E-state index contributed by atoms with van der Waals surface area (Å²) in [6.07, 6.45) is -0.419. The molecule has 0 aliphatic carbocycles. The zero-order chi connectivity index (χ0) is 16.4. The first-order valence-corrected chi connectivity index (χ1v) is 8.03. The van der Waals surface area contributed by atoms with E-state index in [1.807, 2.05) is 44.7 Å². The SMILES string of the molecule is Cc1cc(O[C@H](C)C(=O)N2C[C@@H](C)O[C@H](C)C2)cc(C)c1Cl. The zero-order valence-corrected chi connectivity index (χ0v) is 14.6. The number of nitrogens with zero attached hydrogens (tertiary/aromatic N) is 1. The molecule has 1 aromatic rings. The van der Waals surface area contributed by atoms with Gasteiger partial charge < -0.3 is 14.4 Å². The van der Waals surface area contributed by atoms with E-state index in [1.165, 1.54) is 0 Å². The zero-order valence-electron chi connectivity index (χ0n) is 13.9. The smallest absolute Gasteiger partial charge is 0.263 e. The van der Waals surface area contributed by atoms with Gasteiger partial charge in [0, 0.05) is 18.1 Å². The first-order chi connectivity index (χ1) is 10.3. The highest BCUT2D eigenvalue weighted by atomic mass is 35.5. The summed E-state index contributed by atoms with van der Waals surface area (Å²) in [5, 5.41) is 0.738. The van der Waals surface area contributed by atoms with E-state index in [-0.39, 0.29) is 18.1 Å². The quantitative estimate of drug-likeness (QED) is 0.855. The van der Waals surface area contributed by atoms with Gasteiger partial charge in [0.05, 0.1) is 12.2 Å². The minimum atomic E-state index is -0.530. The Labute approximate surface area is 137 Å². The summed E-state index contributed by atoms with van der Waals surface area (Å²) in [6, 6.07) is 3.73. The molecule has 0 N–H and O–H groups in total. The molecule has 122 valence electrons. The van der Waals surface area contributed by atoms with Crippen molar-refractivity contribution in [2.24, 2.45) is 0 Å². The van der Waals surface area contributed by atoms with Crippen LogP contribution in [-0.2, 0) is 9.53 Å². The molecular formula is C17H24ClNO3. The number of benzene rings is 1. The predicted octanol–water partition coefficient (Wildman–Crippen LogP) is 3.36. The van der Waals surface area contributed by atoms with Gasteiger partial charge in [0.25, 0.3) is 5.91 Å². The molecular weight excluding hydrogens is 302 g/mol. The number of aryl methyl sites for hydroxylation is 2. The Kier molecular flexibility index (Phi) is 5.35.